The lowest BCUT2D eigenvalue weighted by atomic mass is 10.1. The molecule has 0 aliphatic heterocycles. The lowest BCUT2D eigenvalue weighted by molar-refractivity contribution is 0.0943. The molecule has 0 aliphatic rings. The van der Waals surface area contributed by atoms with E-state index < -0.39 is 5.82 Å². The van der Waals surface area contributed by atoms with Crippen LogP contribution in [0.5, 0.6) is 0 Å². The second kappa shape index (κ2) is 7.63. The minimum Gasteiger partial charge on any atom is -0.384 e. The molecule has 20 heavy (non-hydrogen) atoms. The van der Waals surface area contributed by atoms with Gasteiger partial charge in [0.2, 0.25) is 0 Å². The van der Waals surface area contributed by atoms with Crippen LogP contribution < -0.4 is 5.32 Å². The number of halogens is 1. The van der Waals surface area contributed by atoms with E-state index in [1.807, 2.05) is 25.9 Å². The summed E-state index contributed by atoms with van der Waals surface area (Å²) < 4.78 is 13.3. The van der Waals surface area contributed by atoms with E-state index in [0.717, 1.165) is 6.07 Å². The number of carbonyl (C=O) groups is 1. The van der Waals surface area contributed by atoms with Crippen LogP contribution in [0.2, 0.25) is 0 Å². The zero-order valence-electron chi connectivity index (χ0n) is 11.9. The smallest absolute Gasteiger partial charge is 0.252 e. The molecular weight excluding hydrogens is 259 g/mol. The number of aliphatic hydroxyl groups excluding tert-OH is 1. The van der Waals surface area contributed by atoms with Crippen molar-refractivity contribution in [1.29, 1.82) is 0 Å². The summed E-state index contributed by atoms with van der Waals surface area (Å²) in [5, 5.41) is 11.4. The lowest BCUT2D eigenvalue weighted by Crippen LogP contribution is -2.38. The zero-order chi connectivity index (χ0) is 15.1. The Morgan fingerprint density at radius 3 is 2.80 bits per heavy atom. The molecule has 0 saturated heterocycles. The van der Waals surface area contributed by atoms with Crippen LogP contribution in [0.1, 0.15) is 22.8 Å². The van der Waals surface area contributed by atoms with Gasteiger partial charge in [-0.05, 0) is 39.2 Å². The summed E-state index contributed by atoms with van der Waals surface area (Å²) in [5.74, 6) is 4.23. The molecule has 1 rings (SSSR count). The number of likely N-dealkylation sites (N-methyl/N-ethyl adjacent to an activating group) is 1. The summed E-state index contributed by atoms with van der Waals surface area (Å²) in [4.78, 5) is 14.1. The van der Waals surface area contributed by atoms with Gasteiger partial charge in [-0.1, -0.05) is 11.8 Å². The van der Waals surface area contributed by atoms with Crippen LogP contribution in [-0.4, -0.2) is 49.2 Å². The quantitative estimate of drug-likeness (QED) is 0.803. The van der Waals surface area contributed by atoms with Crippen molar-refractivity contribution in [2.75, 3.05) is 27.2 Å². The number of benzene rings is 1. The Labute approximate surface area is 118 Å². The third kappa shape index (κ3) is 4.65. The Kier molecular flexibility index (Phi) is 6.16. The van der Waals surface area contributed by atoms with Crippen molar-refractivity contribution in [3.8, 4) is 11.8 Å². The van der Waals surface area contributed by atoms with E-state index >= 15 is 0 Å². The fourth-order valence-corrected chi connectivity index (χ4v) is 1.47. The maximum atomic E-state index is 13.3. The second-order valence-electron chi connectivity index (χ2n) is 4.67. The summed E-state index contributed by atoms with van der Waals surface area (Å²) in [5.41, 5.74) is 0.576. The first-order chi connectivity index (χ1) is 9.45. The van der Waals surface area contributed by atoms with E-state index in [4.69, 9.17) is 5.11 Å². The molecular formula is C15H19FN2O2. The van der Waals surface area contributed by atoms with Crippen LogP contribution in [0, 0.1) is 17.7 Å². The summed E-state index contributed by atoms with van der Waals surface area (Å²) in [6.45, 7) is 2.11. The molecule has 0 heterocycles. The predicted octanol–water partition coefficient (Wildman–Crippen LogP) is 0.849. The van der Waals surface area contributed by atoms with Gasteiger partial charge in [-0.25, -0.2) is 4.39 Å². The van der Waals surface area contributed by atoms with E-state index in [-0.39, 0.29) is 24.1 Å². The van der Waals surface area contributed by atoms with Gasteiger partial charge in [0.1, 0.15) is 12.4 Å². The third-order valence-corrected chi connectivity index (χ3v) is 2.97. The van der Waals surface area contributed by atoms with E-state index in [2.05, 4.69) is 17.2 Å². The third-order valence-electron chi connectivity index (χ3n) is 2.97. The lowest BCUT2D eigenvalue weighted by Gasteiger charge is -2.20. The maximum Gasteiger partial charge on any atom is 0.252 e. The van der Waals surface area contributed by atoms with Crippen molar-refractivity contribution in [3.63, 3.8) is 0 Å². The summed E-state index contributed by atoms with van der Waals surface area (Å²) >= 11 is 0. The van der Waals surface area contributed by atoms with Crippen LogP contribution in [0.25, 0.3) is 0 Å². The van der Waals surface area contributed by atoms with Crippen LogP contribution in [0.3, 0.4) is 0 Å². The van der Waals surface area contributed by atoms with Crippen molar-refractivity contribution in [2.24, 2.45) is 0 Å². The van der Waals surface area contributed by atoms with Gasteiger partial charge in [-0.3, -0.25) is 4.79 Å². The highest BCUT2D eigenvalue weighted by molar-refractivity contribution is 5.96. The fourth-order valence-electron chi connectivity index (χ4n) is 1.47. The van der Waals surface area contributed by atoms with Gasteiger partial charge in [0.05, 0.1) is 5.56 Å². The molecule has 1 aromatic rings. The Morgan fingerprint density at radius 1 is 1.50 bits per heavy atom. The molecule has 1 unspecified atom stereocenters. The van der Waals surface area contributed by atoms with Crippen molar-refractivity contribution in [3.05, 3.63) is 35.1 Å². The molecule has 1 atom stereocenters. The normalized spacial score (nSPS) is 11.7. The highest BCUT2D eigenvalue weighted by Gasteiger charge is 2.13. The number of carbonyl (C=O) groups excluding carboxylic acids is 1. The van der Waals surface area contributed by atoms with E-state index in [0.29, 0.717) is 12.1 Å². The molecule has 1 aromatic carbocycles. The molecule has 0 bridgehead atoms. The predicted molar refractivity (Wildman–Crippen MR) is 75.8 cm³/mol. The van der Waals surface area contributed by atoms with E-state index in [1.54, 1.807) is 0 Å². The van der Waals surface area contributed by atoms with Gasteiger partial charge >= 0.3 is 0 Å². The first-order valence-electron chi connectivity index (χ1n) is 6.29. The Bertz CT molecular complexity index is 532. The molecule has 0 aromatic heterocycles. The second-order valence-corrected chi connectivity index (χ2v) is 4.67. The maximum absolute atomic E-state index is 13.3. The Morgan fingerprint density at radius 2 is 2.20 bits per heavy atom. The number of hydrogen-bond acceptors (Lipinski definition) is 3. The molecule has 0 aliphatic carbocycles. The molecule has 5 heteroatoms. The van der Waals surface area contributed by atoms with E-state index in [1.165, 1.54) is 12.1 Å². The molecule has 0 spiro atoms. The van der Waals surface area contributed by atoms with Crippen molar-refractivity contribution < 1.29 is 14.3 Å². The molecule has 0 saturated carbocycles. The fraction of sp³-hybridized carbons (Fsp3) is 0.400. The van der Waals surface area contributed by atoms with Gasteiger partial charge in [-0.15, -0.1) is 0 Å². The van der Waals surface area contributed by atoms with Crippen molar-refractivity contribution in [1.82, 2.24) is 10.2 Å². The molecule has 0 radical (unpaired) electrons. The summed E-state index contributed by atoms with van der Waals surface area (Å²) in [6.07, 6.45) is 0. The number of nitrogens with zero attached hydrogens (tertiary/aromatic N) is 1. The average molecular weight is 278 g/mol. The van der Waals surface area contributed by atoms with Gasteiger partial charge in [0.15, 0.2) is 0 Å². The molecule has 1 amide bonds. The van der Waals surface area contributed by atoms with Gasteiger partial charge in [0, 0.05) is 18.2 Å². The summed E-state index contributed by atoms with van der Waals surface area (Å²) in [7, 11) is 3.83. The van der Waals surface area contributed by atoms with Gasteiger partial charge in [-0.2, -0.15) is 0 Å². The first kappa shape index (κ1) is 16.2. The molecule has 4 nitrogen and oxygen atoms in total. The van der Waals surface area contributed by atoms with Gasteiger partial charge < -0.3 is 15.3 Å². The van der Waals surface area contributed by atoms with Gasteiger partial charge in [0.25, 0.3) is 5.91 Å². The Hall–Kier alpha value is -1.90. The highest BCUT2D eigenvalue weighted by atomic mass is 19.1. The topological polar surface area (TPSA) is 52.6 Å². The minimum atomic E-state index is -0.495. The van der Waals surface area contributed by atoms with Crippen LogP contribution in [0.15, 0.2) is 18.2 Å². The number of rotatable bonds is 4. The van der Waals surface area contributed by atoms with Crippen LogP contribution in [-0.2, 0) is 0 Å². The monoisotopic (exact) mass is 278 g/mol. The van der Waals surface area contributed by atoms with Crippen molar-refractivity contribution >= 4 is 5.91 Å². The number of hydrogen-bond donors (Lipinski definition) is 2. The number of amides is 1. The largest absolute Gasteiger partial charge is 0.384 e. The molecule has 0 fully saturated rings. The standard InChI is InChI=1S/C15H19FN2O2/c1-11(18(2)3)10-17-15(20)14-9-13(16)7-6-12(14)5-4-8-19/h6-7,9,11,19H,8,10H2,1-3H3,(H,17,20). The Balaban J connectivity index is 2.88. The minimum absolute atomic E-state index is 0.166. The number of aliphatic hydroxyl groups is 1. The first-order valence-corrected chi connectivity index (χ1v) is 6.29. The SMILES string of the molecule is CC(CNC(=O)c1cc(F)ccc1C#CCO)N(C)C. The average Bonchev–Trinajstić information content (AvgIpc) is 2.42. The van der Waals surface area contributed by atoms with E-state index in [9.17, 15) is 9.18 Å². The van der Waals surface area contributed by atoms with Crippen LogP contribution >= 0.6 is 0 Å². The van der Waals surface area contributed by atoms with Crippen molar-refractivity contribution in [2.45, 2.75) is 13.0 Å². The highest BCUT2D eigenvalue weighted by Crippen LogP contribution is 2.10. The zero-order valence-corrected chi connectivity index (χ0v) is 11.9. The molecule has 108 valence electrons. The summed E-state index contributed by atoms with van der Waals surface area (Å²) in [6, 6.07) is 3.99. The van der Waals surface area contributed by atoms with Crippen LogP contribution in [0.4, 0.5) is 4.39 Å². The molecule has 2 N–H and O–H groups in total. The number of nitrogens with one attached hydrogen (secondary N) is 1.